The Kier molecular flexibility index (Phi) is 4.62. The van der Waals surface area contributed by atoms with Gasteiger partial charge in [-0.2, -0.15) is 0 Å². The minimum Gasteiger partial charge on any atom is -0.378 e. The summed E-state index contributed by atoms with van der Waals surface area (Å²) in [5.41, 5.74) is 0. The van der Waals surface area contributed by atoms with Crippen LogP contribution in [-0.4, -0.2) is 38.0 Å². The molecule has 94 valence electrons. The van der Waals surface area contributed by atoms with Crippen LogP contribution in [0.1, 0.15) is 39.5 Å². The molecule has 0 aliphatic carbocycles. The summed E-state index contributed by atoms with van der Waals surface area (Å²) in [5, 5.41) is 3.70. The summed E-state index contributed by atoms with van der Waals surface area (Å²) in [5.74, 6) is 0.725. The van der Waals surface area contributed by atoms with Crippen LogP contribution in [0, 0.1) is 5.92 Å². The molecule has 0 amide bonds. The Bertz CT molecular complexity index is 210. The van der Waals surface area contributed by atoms with Gasteiger partial charge < -0.3 is 14.8 Å². The van der Waals surface area contributed by atoms with E-state index in [1.54, 1.807) is 0 Å². The van der Waals surface area contributed by atoms with Gasteiger partial charge in [-0.25, -0.2) is 0 Å². The van der Waals surface area contributed by atoms with Gasteiger partial charge in [-0.3, -0.25) is 0 Å². The van der Waals surface area contributed by atoms with Gasteiger partial charge in [0.1, 0.15) is 0 Å². The predicted octanol–water partition coefficient (Wildman–Crippen LogP) is 1.96. The minimum atomic E-state index is 0.424. The molecule has 0 aromatic carbocycles. The van der Waals surface area contributed by atoms with Gasteiger partial charge >= 0.3 is 0 Å². The van der Waals surface area contributed by atoms with Crippen molar-refractivity contribution in [2.75, 3.05) is 19.8 Å². The van der Waals surface area contributed by atoms with Crippen molar-refractivity contribution in [3.8, 4) is 0 Å². The molecule has 4 atom stereocenters. The van der Waals surface area contributed by atoms with Crippen molar-refractivity contribution in [2.45, 2.75) is 57.8 Å². The fourth-order valence-electron chi connectivity index (χ4n) is 2.88. The zero-order chi connectivity index (χ0) is 11.4. The van der Waals surface area contributed by atoms with Crippen LogP contribution in [0.4, 0.5) is 0 Å². The summed E-state index contributed by atoms with van der Waals surface area (Å²) < 4.78 is 11.3. The van der Waals surface area contributed by atoms with Gasteiger partial charge in [-0.05, 0) is 38.5 Å². The molecule has 3 heteroatoms. The summed E-state index contributed by atoms with van der Waals surface area (Å²) in [7, 11) is 0. The molecule has 0 spiro atoms. The first-order valence-corrected chi connectivity index (χ1v) is 6.76. The molecule has 16 heavy (non-hydrogen) atoms. The van der Waals surface area contributed by atoms with Gasteiger partial charge in [0.2, 0.25) is 0 Å². The highest BCUT2D eigenvalue weighted by molar-refractivity contribution is 4.81. The normalized spacial score (nSPS) is 40.1. The average Bonchev–Trinajstić information content (AvgIpc) is 2.74. The molecule has 4 unspecified atom stereocenters. The molecule has 0 saturated carbocycles. The number of hydrogen-bond acceptors (Lipinski definition) is 3. The lowest BCUT2D eigenvalue weighted by Gasteiger charge is -2.29. The lowest BCUT2D eigenvalue weighted by molar-refractivity contribution is 0.0117. The van der Waals surface area contributed by atoms with Gasteiger partial charge in [0.25, 0.3) is 0 Å². The molecular weight excluding hydrogens is 202 g/mol. The predicted molar refractivity (Wildman–Crippen MR) is 64.6 cm³/mol. The molecule has 0 bridgehead atoms. The molecule has 2 aliphatic rings. The Morgan fingerprint density at radius 2 is 2.00 bits per heavy atom. The van der Waals surface area contributed by atoms with Crippen LogP contribution in [0.25, 0.3) is 0 Å². The Hall–Kier alpha value is -0.120. The van der Waals surface area contributed by atoms with E-state index in [2.05, 4.69) is 19.2 Å². The van der Waals surface area contributed by atoms with E-state index in [0.717, 1.165) is 44.9 Å². The third-order valence-electron chi connectivity index (χ3n) is 3.90. The molecule has 2 heterocycles. The molecule has 0 aromatic heterocycles. The Labute approximate surface area is 98.9 Å². The Morgan fingerprint density at radius 3 is 2.75 bits per heavy atom. The second-order valence-corrected chi connectivity index (χ2v) is 5.18. The van der Waals surface area contributed by atoms with Crippen LogP contribution < -0.4 is 5.32 Å². The van der Waals surface area contributed by atoms with E-state index >= 15 is 0 Å². The van der Waals surface area contributed by atoms with Gasteiger partial charge in [-0.15, -0.1) is 0 Å². The topological polar surface area (TPSA) is 30.5 Å². The zero-order valence-electron chi connectivity index (χ0n) is 10.6. The van der Waals surface area contributed by atoms with E-state index in [4.69, 9.17) is 9.47 Å². The maximum atomic E-state index is 5.71. The molecule has 2 rings (SSSR count). The molecule has 0 radical (unpaired) electrons. The number of nitrogens with one attached hydrogen (secondary N) is 1. The second-order valence-electron chi connectivity index (χ2n) is 5.18. The highest BCUT2D eigenvalue weighted by Gasteiger charge is 2.27. The number of rotatable bonds is 4. The highest BCUT2D eigenvalue weighted by atomic mass is 16.5. The largest absolute Gasteiger partial charge is 0.378 e. The summed E-state index contributed by atoms with van der Waals surface area (Å²) in [6.07, 6.45) is 5.61. The molecule has 3 nitrogen and oxygen atoms in total. The first-order valence-electron chi connectivity index (χ1n) is 6.76. The van der Waals surface area contributed by atoms with E-state index < -0.39 is 0 Å². The second kappa shape index (κ2) is 5.99. The van der Waals surface area contributed by atoms with Crippen LogP contribution in [0.3, 0.4) is 0 Å². The quantitative estimate of drug-likeness (QED) is 0.796. The molecule has 1 N–H and O–H groups in total. The Morgan fingerprint density at radius 1 is 1.19 bits per heavy atom. The van der Waals surface area contributed by atoms with E-state index in [0.29, 0.717) is 18.2 Å². The van der Waals surface area contributed by atoms with Crippen LogP contribution in [0.2, 0.25) is 0 Å². The van der Waals surface area contributed by atoms with Crippen molar-refractivity contribution in [1.82, 2.24) is 5.32 Å². The lowest BCUT2D eigenvalue weighted by atomic mass is 9.98. The first kappa shape index (κ1) is 12.3. The molecule has 2 saturated heterocycles. The van der Waals surface area contributed by atoms with Crippen LogP contribution in [-0.2, 0) is 9.47 Å². The smallest absolute Gasteiger partial charge is 0.0613 e. The summed E-state index contributed by atoms with van der Waals surface area (Å²) in [6, 6.07) is 0.654. The molecule has 2 fully saturated rings. The highest BCUT2D eigenvalue weighted by Crippen LogP contribution is 2.23. The van der Waals surface area contributed by atoms with E-state index in [1.165, 1.54) is 6.42 Å². The summed E-state index contributed by atoms with van der Waals surface area (Å²) in [6.45, 7) is 7.38. The fraction of sp³-hybridized carbons (Fsp3) is 1.00. The molecule has 0 aromatic rings. The molecular formula is C13H25NO2. The van der Waals surface area contributed by atoms with Crippen molar-refractivity contribution in [3.05, 3.63) is 0 Å². The van der Waals surface area contributed by atoms with Crippen molar-refractivity contribution in [1.29, 1.82) is 0 Å². The van der Waals surface area contributed by atoms with Crippen molar-refractivity contribution in [2.24, 2.45) is 5.92 Å². The van der Waals surface area contributed by atoms with Crippen molar-refractivity contribution >= 4 is 0 Å². The van der Waals surface area contributed by atoms with E-state index in [9.17, 15) is 0 Å². The standard InChI is InChI=1S/C13H25NO2/c1-3-13-11(4-6-16-13)9-14-12-5-7-15-10(2)8-12/h10-14H,3-9H2,1-2H3. The zero-order valence-corrected chi connectivity index (χ0v) is 10.6. The maximum absolute atomic E-state index is 5.71. The molecule has 2 aliphatic heterocycles. The van der Waals surface area contributed by atoms with Crippen LogP contribution in [0.5, 0.6) is 0 Å². The van der Waals surface area contributed by atoms with Crippen molar-refractivity contribution in [3.63, 3.8) is 0 Å². The first-order chi connectivity index (χ1) is 7.79. The lowest BCUT2D eigenvalue weighted by Crippen LogP contribution is -2.41. The van der Waals surface area contributed by atoms with Gasteiger partial charge in [0.05, 0.1) is 12.2 Å². The number of ether oxygens (including phenoxy) is 2. The van der Waals surface area contributed by atoms with E-state index in [1.807, 2.05) is 0 Å². The van der Waals surface area contributed by atoms with E-state index in [-0.39, 0.29) is 0 Å². The fourth-order valence-corrected chi connectivity index (χ4v) is 2.88. The van der Waals surface area contributed by atoms with Crippen LogP contribution in [0.15, 0.2) is 0 Å². The van der Waals surface area contributed by atoms with Gasteiger partial charge in [0.15, 0.2) is 0 Å². The average molecular weight is 227 g/mol. The van der Waals surface area contributed by atoms with Crippen LogP contribution >= 0.6 is 0 Å². The van der Waals surface area contributed by atoms with Gasteiger partial charge in [-0.1, -0.05) is 6.92 Å². The maximum Gasteiger partial charge on any atom is 0.0613 e. The third-order valence-corrected chi connectivity index (χ3v) is 3.90. The summed E-state index contributed by atoms with van der Waals surface area (Å²) in [4.78, 5) is 0. The van der Waals surface area contributed by atoms with Crippen molar-refractivity contribution < 1.29 is 9.47 Å². The SMILES string of the molecule is CCC1OCCC1CNC1CCOC(C)C1. The summed E-state index contributed by atoms with van der Waals surface area (Å²) >= 11 is 0. The van der Waals surface area contributed by atoms with Gasteiger partial charge in [0, 0.05) is 25.8 Å². The monoisotopic (exact) mass is 227 g/mol. The number of hydrogen-bond donors (Lipinski definition) is 1. The third kappa shape index (κ3) is 3.19. The Balaban J connectivity index is 1.70. The minimum absolute atomic E-state index is 0.424.